The molecule has 0 aliphatic carbocycles. The van der Waals surface area contributed by atoms with E-state index in [1.807, 2.05) is 0 Å². The fourth-order valence-corrected chi connectivity index (χ4v) is 5.57. The van der Waals surface area contributed by atoms with Crippen LogP contribution in [0.15, 0.2) is 60.8 Å². The van der Waals surface area contributed by atoms with E-state index in [4.69, 9.17) is 4.74 Å². The molecule has 6 nitrogen and oxygen atoms in total. The lowest BCUT2D eigenvalue weighted by molar-refractivity contribution is 0.103. The number of phenols is 2. The van der Waals surface area contributed by atoms with Crippen LogP contribution in [0.25, 0.3) is 20.5 Å². The first-order chi connectivity index (χ1) is 16.6. The Labute approximate surface area is 202 Å². The second-order valence-electron chi connectivity index (χ2n) is 8.49. The van der Waals surface area contributed by atoms with Gasteiger partial charge in [0.05, 0.1) is 11.8 Å². The Morgan fingerprint density at radius 2 is 1.74 bits per heavy atom. The van der Waals surface area contributed by atoms with Crippen LogP contribution in [0.1, 0.15) is 35.3 Å². The van der Waals surface area contributed by atoms with Crippen molar-refractivity contribution in [3.05, 3.63) is 72.1 Å². The summed E-state index contributed by atoms with van der Waals surface area (Å²) >= 11 is 1.43. The van der Waals surface area contributed by atoms with Crippen LogP contribution in [0.4, 0.5) is 0 Å². The van der Waals surface area contributed by atoms with Crippen LogP contribution in [0.5, 0.6) is 17.2 Å². The number of ether oxygens (including phenoxy) is 1. The summed E-state index contributed by atoms with van der Waals surface area (Å²) in [5.74, 6) is 0.759. The Bertz CT molecular complexity index is 1290. The minimum absolute atomic E-state index is 0.147. The van der Waals surface area contributed by atoms with E-state index in [-0.39, 0.29) is 17.3 Å². The number of phenolic OH excluding ortho intramolecular Hbond substituents is 2. The lowest BCUT2D eigenvalue weighted by atomic mass is 10.00. The molecule has 2 N–H and O–H groups in total. The smallest absolute Gasteiger partial charge is 0.213 e. The van der Waals surface area contributed by atoms with E-state index in [1.54, 1.807) is 60.8 Å². The molecule has 0 bridgehead atoms. The number of aromatic hydroxyl groups is 2. The molecule has 1 aliphatic rings. The van der Waals surface area contributed by atoms with Crippen LogP contribution in [0, 0.1) is 0 Å². The summed E-state index contributed by atoms with van der Waals surface area (Å²) < 4.78 is 6.67. The first kappa shape index (κ1) is 22.4. The number of likely N-dealkylation sites (tertiary alicyclic amines) is 1. The number of thiophene rings is 1. The highest BCUT2D eigenvalue weighted by Gasteiger charge is 2.23. The largest absolute Gasteiger partial charge is 0.508 e. The molecule has 0 radical (unpaired) electrons. The molecule has 5 rings (SSSR count). The number of carbonyl (C=O) groups is 1. The Balaban J connectivity index is 1.39. The molecule has 0 atom stereocenters. The zero-order chi connectivity index (χ0) is 23.5. The van der Waals surface area contributed by atoms with Crippen molar-refractivity contribution in [1.29, 1.82) is 0 Å². The second kappa shape index (κ2) is 9.83. The predicted molar refractivity (Wildman–Crippen MR) is 134 cm³/mol. The molecule has 3 heterocycles. The van der Waals surface area contributed by atoms with Gasteiger partial charge in [0.25, 0.3) is 0 Å². The van der Waals surface area contributed by atoms with Gasteiger partial charge in [-0.25, -0.2) is 4.98 Å². The number of piperidine rings is 1. The monoisotopic (exact) mass is 474 g/mol. The van der Waals surface area contributed by atoms with E-state index in [2.05, 4.69) is 9.88 Å². The van der Waals surface area contributed by atoms with Gasteiger partial charge >= 0.3 is 0 Å². The third-order valence-electron chi connectivity index (χ3n) is 6.12. The van der Waals surface area contributed by atoms with E-state index < -0.39 is 0 Å². The number of fused-ring (bicyclic) bond motifs is 1. The molecule has 34 heavy (non-hydrogen) atoms. The summed E-state index contributed by atoms with van der Waals surface area (Å²) in [5.41, 5.74) is 1.69. The number of carbonyl (C=O) groups excluding carboxylic acids is 1. The van der Waals surface area contributed by atoms with Gasteiger partial charge in [-0.1, -0.05) is 6.42 Å². The van der Waals surface area contributed by atoms with E-state index in [1.165, 1.54) is 30.6 Å². The number of nitrogens with zero attached hydrogens (tertiary/aromatic N) is 2. The van der Waals surface area contributed by atoms with Gasteiger partial charge in [0.2, 0.25) is 5.78 Å². The minimum atomic E-state index is -0.195. The van der Waals surface area contributed by atoms with Crippen LogP contribution in [-0.2, 0) is 0 Å². The van der Waals surface area contributed by atoms with Gasteiger partial charge in [-0.05, 0) is 86.1 Å². The molecular formula is C27H26N2O4S. The van der Waals surface area contributed by atoms with Crippen molar-refractivity contribution in [2.24, 2.45) is 0 Å². The number of aromatic nitrogens is 1. The molecule has 1 fully saturated rings. The van der Waals surface area contributed by atoms with E-state index in [9.17, 15) is 15.0 Å². The zero-order valence-electron chi connectivity index (χ0n) is 18.7. The maximum atomic E-state index is 13.6. The predicted octanol–water partition coefficient (Wildman–Crippen LogP) is 5.47. The van der Waals surface area contributed by atoms with Crippen LogP contribution >= 0.6 is 11.3 Å². The van der Waals surface area contributed by atoms with Crippen LogP contribution < -0.4 is 4.74 Å². The van der Waals surface area contributed by atoms with Crippen molar-refractivity contribution in [1.82, 2.24) is 9.88 Å². The quantitative estimate of drug-likeness (QED) is 0.346. The van der Waals surface area contributed by atoms with Crippen molar-refractivity contribution < 1.29 is 19.7 Å². The minimum Gasteiger partial charge on any atom is -0.508 e. The third-order valence-corrected chi connectivity index (χ3v) is 7.33. The Morgan fingerprint density at radius 1 is 0.971 bits per heavy atom. The Kier molecular flexibility index (Phi) is 6.47. The van der Waals surface area contributed by atoms with E-state index in [0.29, 0.717) is 23.6 Å². The first-order valence-electron chi connectivity index (χ1n) is 11.5. The van der Waals surface area contributed by atoms with Crippen molar-refractivity contribution in [2.75, 3.05) is 26.2 Å². The zero-order valence-corrected chi connectivity index (χ0v) is 19.6. The van der Waals surface area contributed by atoms with Crippen molar-refractivity contribution in [3.8, 4) is 27.7 Å². The average molecular weight is 475 g/mol. The lowest BCUT2D eigenvalue weighted by Gasteiger charge is -2.26. The normalized spacial score (nSPS) is 14.4. The molecule has 7 heteroatoms. The molecule has 0 spiro atoms. The highest BCUT2D eigenvalue weighted by molar-refractivity contribution is 7.22. The fourth-order valence-electron chi connectivity index (χ4n) is 4.33. The second-order valence-corrected chi connectivity index (χ2v) is 9.54. The maximum Gasteiger partial charge on any atom is 0.213 e. The van der Waals surface area contributed by atoms with Gasteiger partial charge in [0.15, 0.2) is 0 Å². The van der Waals surface area contributed by atoms with Gasteiger partial charge in [0.1, 0.15) is 29.5 Å². The average Bonchev–Trinajstić information content (AvgIpc) is 3.23. The number of pyridine rings is 1. The number of benzene rings is 2. The molecule has 1 aliphatic heterocycles. The molecule has 0 saturated carbocycles. The van der Waals surface area contributed by atoms with Gasteiger partial charge in [-0.2, -0.15) is 0 Å². The highest BCUT2D eigenvalue weighted by Crippen LogP contribution is 2.41. The molecule has 2 aromatic carbocycles. The highest BCUT2D eigenvalue weighted by atomic mass is 32.1. The van der Waals surface area contributed by atoms with E-state index >= 15 is 0 Å². The van der Waals surface area contributed by atoms with Crippen LogP contribution in [-0.4, -0.2) is 52.1 Å². The fraction of sp³-hybridized carbons (Fsp3) is 0.259. The molecular weight excluding hydrogens is 448 g/mol. The third kappa shape index (κ3) is 4.76. The summed E-state index contributed by atoms with van der Waals surface area (Å²) in [5, 5.41) is 20.4. The summed E-state index contributed by atoms with van der Waals surface area (Å²) in [6, 6.07) is 15.2. The summed E-state index contributed by atoms with van der Waals surface area (Å²) in [6.45, 7) is 3.75. The van der Waals surface area contributed by atoms with Gasteiger partial charge in [0, 0.05) is 21.5 Å². The van der Waals surface area contributed by atoms with Crippen LogP contribution in [0.2, 0.25) is 0 Å². The summed E-state index contributed by atoms with van der Waals surface area (Å²) in [7, 11) is 0. The number of rotatable bonds is 7. The summed E-state index contributed by atoms with van der Waals surface area (Å²) in [6.07, 6.45) is 5.42. The molecule has 2 aromatic heterocycles. The van der Waals surface area contributed by atoms with Crippen molar-refractivity contribution in [2.45, 2.75) is 19.3 Å². The standard InChI is InChI=1S/C27H26N2O4S/c30-19-6-4-18(5-7-19)27-25(22-10-8-20(31)16-24(22)34-27)26(32)23-11-9-21(17-28-23)33-15-14-29-12-2-1-3-13-29/h4-11,16-17,30-31H,1-3,12-15H2. The molecule has 174 valence electrons. The topological polar surface area (TPSA) is 82.9 Å². The van der Waals surface area contributed by atoms with Gasteiger partial charge < -0.3 is 14.9 Å². The number of hydrogen-bond acceptors (Lipinski definition) is 7. The van der Waals surface area contributed by atoms with E-state index in [0.717, 1.165) is 40.2 Å². The van der Waals surface area contributed by atoms with Gasteiger partial charge in [-0.15, -0.1) is 11.3 Å². The maximum absolute atomic E-state index is 13.6. The van der Waals surface area contributed by atoms with Crippen molar-refractivity contribution >= 4 is 27.2 Å². The first-order valence-corrected chi connectivity index (χ1v) is 12.3. The molecule has 0 amide bonds. The Hall–Kier alpha value is -3.42. The Morgan fingerprint density at radius 3 is 2.47 bits per heavy atom. The van der Waals surface area contributed by atoms with Gasteiger partial charge in [-0.3, -0.25) is 9.69 Å². The van der Waals surface area contributed by atoms with Crippen LogP contribution in [0.3, 0.4) is 0 Å². The van der Waals surface area contributed by atoms with Crippen molar-refractivity contribution in [3.63, 3.8) is 0 Å². The lowest BCUT2D eigenvalue weighted by Crippen LogP contribution is -2.33. The SMILES string of the molecule is O=C(c1ccc(OCCN2CCCCC2)cn1)c1c(-c2ccc(O)cc2)sc2cc(O)ccc12. The number of ketones is 1. The molecule has 0 unspecified atom stereocenters. The summed E-state index contributed by atoms with van der Waals surface area (Å²) in [4.78, 5) is 21.2. The molecule has 1 saturated heterocycles. The molecule has 4 aromatic rings. The number of hydrogen-bond donors (Lipinski definition) is 2.